The first-order valence-corrected chi connectivity index (χ1v) is 7.30. The molecule has 8 heteroatoms. The number of carboxylic acid groups (broad SMARTS) is 1. The summed E-state index contributed by atoms with van der Waals surface area (Å²) in [6, 6.07) is 0. The molecule has 2 unspecified atom stereocenters. The minimum Gasteiger partial charge on any atom is -0.480 e. The molecule has 2 aliphatic heterocycles. The number of thioether (sulfide) groups is 1. The molecule has 0 aliphatic carbocycles. The molecule has 0 aromatic rings. The lowest BCUT2D eigenvalue weighted by atomic mass is 9.78. The van der Waals surface area contributed by atoms with E-state index in [0.29, 0.717) is 0 Å². The van der Waals surface area contributed by atoms with Crippen LogP contribution < -0.4 is 5.73 Å². The molecular weight excluding hydrogens is 284 g/mol. The van der Waals surface area contributed by atoms with E-state index in [0.717, 1.165) is 0 Å². The molecule has 3 N–H and O–H groups in total. The number of aliphatic carboxylic acids is 1. The quantitative estimate of drug-likeness (QED) is 0.409. The predicted molar refractivity (Wildman–Crippen MR) is 71.8 cm³/mol. The highest BCUT2D eigenvalue weighted by atomic mass is 32.2. The number of β-lactam (4-membered cyclic amide) rings is 1. The van der Waals surface area contributed by atoms with E-state index in [1.54, 1.807) is 13.8 Å². The molecule has 112 valence electrons. The number of hydrogen-bond acceptors (Lipinski definition) is 6. The highest BCUT2D eigenvalue weighted by Crippen LogP contribution is 2.47. The average Bonchev–Trinajstić information content (AvgIpc) is 2.43. The van der Waals surface area contributed by atoms with Crippen LogP contribution in [-0.4, -0.2) is 58.2 Å². The Hall–Kier alpha value is -1.12. The fourth-order valence-corrected chi connectivity index (χ4v) is 4.25. The predicted octanol–water partition coefficient (Wildman–Crippen LogP) is -0.501. The Morgan fingerprint density at radius 3 is 2.60 bits per heavy atom. The topological polar surface area (TPSA) is 110 Å². The summed E-state index contributed by atoms with van der Waals surface area (Å²) in [4.78, 5) is 37.2. The van der Waals surface area contributed by atoms with Gasteiger partial charge in [-0.1, -0.05) is 13.8 Å². The van der Waals surface area contributed by atoms with Gasteiger partial charge in [0.05, 0.1) is 0 Å². The summed E-state index contributed by atoms with van der Waals surface area (Å²) >= 11 is 1.18. The minimum absolute atomic E-state index is 0.0934. The van der Waals surface area contributed by atoms with E-state index in [2.05, 4.69) is 0 Å². The van der Waals surface area contributed by atoms with E-state index >= 15 is 0 Å². The number of Topliss-reactive ketones (excluding diaryl/α,β-unsaturated/α-hetero) is 1. The van der Waals surface area contributed by atoms with Gasteiger partial charge in [-0.2, -0.15) is 0 Å². The van der Waals surface area contributed by atoms with Gasteiger partial charge in [0.1, 0.15) is 5.37 Å². The Balaban J connectivity index is 2.29. The Labute approximate surface area is 120 Å². The maximum Gasteiger partial charge on any atom is 0.319 e. The van der Waals surface area contributed by atoms with Crippen LogP contribution in [0.3, 0.4) is 0 Å². The molecule has 0 aromatic heterocycles. The Kier molecular flexibility index (Phi) is 3.60. The van der Waals surface area contributed by atoms with E-state index in [9.17, 15) is 19.5 Å². The molecule has 2 fully saturated rings. The Bertz CT molecular complexity index is 482. The number of amides is 1. The van der Waals surface area contributed by atoms with Crippen LogP contribution in [0.25, 0.3) is 0 Å². The van der Waals surface area contributed by atoms with E-state index in [1.165, 1.54) is 23.8 Å². The summed E-state index contributed by atoms with van der Waals surface area (Å²) in [6.07, 6.45) is 0. The molecule has 0 bridgehead atoms. The molecule has 2 aliphatic rings. The zero-order valence-electron chi connectivity index (χ0n) is 11.6. The van der Waals surface area contributed by atoms with Crippen LogP contribution in [0.1, 0.15) is 13.8 Å². The zero-order chi connectivity index (χ0) is 15.3. The molecule has 2 rings (SSSR count). The number of rotatable bonds is 4. The number of carbonyl (C=O) groups is 3. The van der Waals surface area contributed by atoms with Gasteiger partial charge in [-0.05, 0) is 0 Å². The van der Waals surface area contributed by atoms with Gasteiger partial charge in [0.15, 0.2) is 11.2 Å². The maximum absolute atomic E-state index is 12.3. The SMILES string of the molecule is COC1(N)C(=O)N2CC(C(=O)O)(C(=O)C(C)C)CS[C@@H]21. The fourth-order valence-electron chi connectivity index (χ4n) is 2.65. The standard InChI is InChI=1S/C12H18N2O5S/c1-6(2)7(15)11(10(17)18)4-14-8(16)12(13,19-3)9(14)20-5-11/h6,9H,4-5,13H2,1-3H3,(H,17,18)/t9-,11?,12?/m1/s1. The third-order valence-electron chi connectivity index (χ3n) is 3.92. The van der Waals surface area contributed by atoms with Gasteiger partial charge >= 0.3 is 5.97 Å². The molecule has 0 spiro atoms. The second kappa shape index (κ2) is 4.71. The number of fused-ring (bicyclic) bond motifs is 1. The molecule has 1 amide bonds. The molecule has 20 heavy (non-hydrogen) atoms. The molecule has 0 radical (unpaired) electrons. The second-order valence-electron chi connectivity index (χ2n) is 5.50. The van der Waals surface area contributed by atoms with Crippen LogP contribution in [0, 0.1) is 11.3 Å². The van der Waals surface area contributed by atoms with E-state index in [1.807, 2.05) is 0 Å². The first-order valence-electron chi connectivity index (χ1n) is 6.25. The number of carbonyl (C=O) groups excluding carboxylic acids is 2. The molecule has 0 aromatic carbocycles. The van der Waals surface area contributed by atoms with Gasteiger partial charge in [-0.25, -0.2) is 0 Å². The normalized spacial score (nSPS) is 36.5. The van der Waals surface area contributed by atoms with Crippen LogP contribution in [-0.2, 0) is 19.1 Å². The maximum atomic E-state index is 12.3. The van der Waals surface area contributed by atoms with Crippen molar-refractivity contribution < 1.29 is 24.2 Å². The van der Waals surface area contributed by atoms with Crippen LogP contribution in [0.2, 0.25) is 0 Å². The van der Waals surface area contributed by atoms with Crippen molar-refractivity contribution in [1.29, 1.82) is 0 Å². The van der Waals surface area contributed by atoms with Crippen molar-refractivity contribution in [1.82, 2.24) is 4.90 Å². The summed E-state index contributed by atoms with van der Waals surface area (Å²) in [7, 11) is 1.34. The summed E-state index contributed by atoms with van der Waals surface area (Å²) in [5.41, 5.74) is 2.87. The lowest BCUT2D eigenvalue weighted by molar-refractivity contribution is -0.191. The van der Waals surface area contributed by atoms with Gasteiger partial charge in [-0.15, -0.1) is 11.8 Å². The Morgan fingerprint density at radius 2 is 2.15 bits per heavy atom. The fraction of sp³-hybridized carbons (Fsp3) is 0.750. The van der Waals surface area contributed by atoms with Crippen molar-refractivity contribution in [2.45, 2.75) is 24.9 Å². The summed E-state index contributed by atoms with van der Waals surface area (Å²) in [5.74, 6) is -2.35. The number of ketones is 1. The lowest BCUT2D eigenvalue weighted by Crippen LogP contribution is -2.81. The minimum atomic E-state index is -1.56. The van der Waals surface area contributed by atoms with Crippen molar-refractivity contribution in [3.63, 3.8) is 0 Å². The number of nitrogens with zero attached hydrogens (tertiary/aromatic N) is 1. The van der Waals surface area contributed by atoms with Crippen molar-refractivity contribution in [3.05, 3.63) is 0 Å². The molecule has 3 atom stereocenters. The van der Waals surface area contributed by atoms with Crippen LogP contribution >= 0.6 is 11.8 Å². The first-order chi connectivity index (χ1) is 9.20. The smallest absolute Gasteiger partial charge is 0.319 e. The molecular formula is C12H18N2O5S. The molecule has 2 heterocycles. The Morgan fingerprint density at radius 1 is 1.55 bits per heavy atom. The molecule has 2 saturated heterocycles. The van der Waals surface area contributed by atoms with Crippen LogP contribution in [0.5, 0.6) is 0 Å². The molecule has 7 nitrogen and oxygen atoms in total. The van der Waals surface area contributed by atoms with Gasteiger partial charge in [-0.3, -0.25) is 20.1 Å². The average molecular weight is 302 g/mol. The highest BCUT2D eigenvalue weighted by Gasteiger charge is 2.66. The zero-order valence-corrected chi connectivity index (χ0v) is 12.4. The van der Waals surface area contributed by atoms with Gasteiger partial charge in [0, 0.05) is 25.3 Å². The van der Waals surface area contributed by atoms with Gasteiger partial charge in [0.25, 0.3) is 5.91 Å². The lowest BCUT2D eigenvalue weighted by Gasteiger charge is -2.57. The van der Waals surface area contributed by atoms with Crippen molar-refractivity contribution in [3.8, 4) is 0 Å². The first kappa shape index (κ1) is 15.3. The van der Waals surface area contributed by atoms with E-state index in [-0.39, 0.29) is 18.1 Å². The second-order valence-corrected chi connectivity index (χ2v) is 6.57. The van der Waals surface area contributed by atoms with Crippen molar-refractivity contribution >= 4 is 29.4 Å². The summed E-state index contributed by atoms with van der Waals surface area (Å²) in [6.45, 7) is 3.17. The van der Waals surface area contributed by atoms with E-state index in [4.69, 9.17) is 10.5 Å². The monoisotopic (exact) mass is 302 g/mol. The largest absolute Gasteiger partial charge is 0.480 e. The van der Waals surface area contributed by atoms with Gasteiger partial charge < -0.3 is 14.7 Å². The number of nitrogens with two attached hydrogens (primary N) is 1. The van der Waals surface area contributed by atoms with Crippen molar-refractivity contribution in [2.24, 2.45) is 17.1 Å². The van der Waals surface area contributed by atoms with Crippen LogP contribution in [0.15, 0.2) is 0 Å². The number of methoxy groups -OCH3 is 1. The summed E-state index contributed by atoms with van der Waals surface area (Å²) < 4.78 is 5.03. The third kappa shape index (κ3) is 1.78. The highest BCUT2D eigenvalue weighted by molar-refractivity contribution is 8.00. The van der Waals surface area contributed by atoms with Gasteiger partial charge in [0.2, 0.25) is 5.72 Å². The molecule has 0 saturated carbocycles. The number of hydrogen-bond donors (Lipinski definition) is 2. The van der Waals surface area contributed by atoms with E-state index < -0.39 is 34.3 Å². The van der Waals surface area contributed by atoms with Crippen molar-refractivity contribution in [2.75, 3.05) is 19.4 Å². The third-order valence-corrected chi connectivity index (χ3v) is 5.50. The van der Waals surface area contributed by atoms with Crippen LogP contribution in [0.4, 0.5) is 0 Å². The number of ether oxygens (including phenoxy) is 1. The summed E-state index contributed by atoms with van der Waals surface area (Å²) in [5, 5.41) is 9.04. The number of carboxylic acids is 1.